The third-order valence-electron chi connectivity index (χ3n) is 4.47. The Morgan fingerprint density at radius 2 is 1.88 bits per heavy atom. The van der Waals surface area contributed by atoms with Gasteiger partial charge in [-0.05, 0) is 42.5 Å². The van der Waals surface area contributed by atoms with Crippen molar-refractivity contribution in [2.75, 3.05) is 13.2 Å². The van der Waals surface area contributed by atoms with E-state index in [9.17, 15) is 4.79 Å². The average Bonchev–Trinajstić information content (AvgIpc) is 2.98. The predicted molar refractivity (Wildman–Crippen MR) is 99.4 cm³/mol. The molecule has 1 N–H and O–H groups in total. The molecule has 128 valence electrons. The lowest BCUT2D eigenvalue weighted by Gasteiger charge is -2.27. The van der Waals surface area contributed by atoms with Crippen LogP contribution in [0.2, 0.25) is 10.0 Å². The molecule has 0 fully saturated rings. The molecular weight excluding hydrogens is 359 g/mol. The molecule has 0 aliphatic carbocycles. The lowest BCUT2D eigenvalue weighted by Crippen LogP contribution is -2.38. The van der Waals surface area contributed by atoms with Crippen LogP contribution in [-0.2, 0) is 17.8 Å². The van der Waals surface area contributed by atoms with Crippen molar-refractivity contribution in [1.29, 1.82) is 0 Å². The summed E-state index contributed by atoms with van der Waals surface area (Å²) in [7, 11) is 0. The van der Waals surface area contributed by atoms with Crippen LogP contribution in [0.15, 0.2) is 42.5 Å². The van der Waals surface area contributed by atoms with E-state index in [1.165, 1.54) is 5.69 Å². The van der Waals surface area contributed by atoms with Gasteiger partial charge in [0.1, 0.15) is 5.75 Å². The summed E-state index contributed by atoms with van der Waals surface area (Å²) in [5.74, 6) is 0.603. The Morgan fingerprint density at radius 1 is 1.12 bits per heavy atom. The summed E-state index contributed by atoms with van der Waals surface area (Å²) in [5.41, 5.74) is 3.38. The van der Waals surface area contributed by atoms with Gasteiger partial charge in [-0.25, -0.2) is 0 Å². The van der Waals surface area contributed by atoms with Crippen molar-refractivity contribution >= 4 is 40.0 Å². The van der Waals surface area contributed by atoms with Crippen molar-refractivity contribution in [3.63, 3.8) is 0 Å². The Bertz CT molecular complexity index is 934. The number of nitrogens with zero attached hydrogens (tertiary/aromatic N) is 1. The van der Waals surface area contributed by atoms with Gasteiger partial charge in [-0.1, -0.05) is 23.2 Å². The first-order valence-electron chi connectivity index (χ1n) is 8.05. The van der Waals surface area contributed by atoms with Gasteiger partial charge in [-0.15, -0.1) is 0 Å². The number of amides is 1. The Balaban J connectivity index is 1.47. The van der Waals surface area contributed by atoms with E-state index in [1.807, 2.05) is 23.1 Å². The SMILES string of the molecule is O=C(COc1ccc(Cl)cc1)N1CCc2[nH]c3ccc(Cl)cc3c2C1. The quantitative estimate of drug-likeness (QED) is 0.736. The van der Waals surface area contributed by atoms with Crippen LogP contribution in [0.5, 0.6) is 5.75 Å². The van der Waals surface area contributed by atoms with Gasteiger partial charge in [0.05, 0.1) is 0 Å². The van der Waals surface area contributed by atoms with Gasteiger partial charge in [0, 0.05) is 51.7 Å². The second-order valence-electron chi connectivity index (χ2n) is 6.08. The molecule has 1 aromatic heterocycles. The fourth-order valence-electron chi connectivity index (χ4n) is 3.17. The first-order valence-corrected chi connectivity index (χ1v) is 8.81. The number of benzene rings is 2. The molecule has 6 heteroatoms. The van der Waals surface area contributed by atoms with Crippen molar-refractivity contribution in [2.24, 2.45) is 0 Å². The Morgan fingerprint density at radius 3 is 2.68 bits per heavy atom. The number of halogens is 2. The molecule has 0 atom stereocenters. The zero-order valence-corrected chi connectivity index (χ0v) is 14.9. The maximum absolute atomic E-state index is 12.5. The second kappa shape index (κ2) is 6.62. The molecule has 0 bridgehead atoms. The smallest absolute Gasteiger partial charge is 0.260 e. The fourth-order valence-corrected chi connectivity index (χ4v) is 3.46. The van der Waals surface area contributed by atoms with Gasteiger partial charge in [0.25, 0.3) is 5.91 Å². The molecule has 25 heavy (non-hydrogen) atoms. The number of aromatic amines is 1. The summed E-state index contributed by atoms with van der Waals surface area (Å²) in [5, 5.41) is 2.42. The summed E-state index contributed by atoms with van der Waals surface area (Å²) in [4.78, 5) is 17.8. The third kappa shape index (κ3) is 3.32. The zero-order chi connectivity index (χ0) is 17.4. The van der Waals surface area contributed by atoms with Gasteiger partial charge in [-0.2, -0.15) is 0 Å². The molecule has 4 nitrogen and oxygen atoms in total. The highest BCUT2D eigenvalue weighted by Crippen LogP contribution is 2.29. The summed E-state index contributed by atoms with van der Waals surface area (Å²) in [6.45, 7) is 1.26. The lowest BCUT2D eigenvalue weighted by atomic mass is 10.0. The predicted octanol–water partition coefficient (Wildman–Crippen LogP) is 4.44. The number of nitrogens with one attached hydrogen (secondary N) is 1. The summed E-state index contributed by atoms with van der Waals surface area (Å²) in [6.07, 6.45) is 0.800. The van der Waals surface area contributed by atoms with E-state index >= 15 is 0 Å². The highest BCUT2D eigenvalue weighted by Gasteiger charge is 2.24. The van der Waals surface area contributed by atoms with Crippen LogP contribution in [-0.4, -0.2) is 28.9 Å². The first kappa shape index (κ1) is 16.3. The molecule has 3 aromatic rings. The zero-order valence-electron chi connectivity index (χ0n) is 13.4. The number of rotatable bonds is 3. The third-order valence-corrected chi connectivity index (χ3v) is 4.95. The van der Waals surface area contributed by atoms with Gasteiger partial charge in [0.2, 0.25) is 0 Å². The Kier molecular flexibility index (Phi) is 4.32. The first-order chi connectivity index (χ1) is 12.1. The van der Waals surface area contributed by atoms with Crippen LogP contribution in [0, 0.1) is 0 Å². The van der Waals surface area contributed by atoms with E-state index in [0.29, 0.717) is 28.9 Å². The maximum Gasteiger partial charge on any atom is 0.260 e. The monoisotopic (exact) mass is 374 g/mol. The Labute approximate surface area is 155 Å². The molecule has 1 amide bonds. The summed E-state index contributed by atoms with van der Waals surface area (Å²) < 4.78 is 5.57. The van der Waals surface area contributed by atoms with Crippen LogP contribution >= 0.6 is 23.2 Å². The van der Waals surface area contributed by atoms with Gasteiger partial charge in [-0.3, -0.25) is 4.79 Å². The van der Waals surface area contributed by atoms with Gasteiger partial charge >= 0.3 is 0 Å². The number of ether oxygens (including phenoxy) is 1. The van der Waals surface area contributed by atoms with E-state index in [1.54, 1.807) is 24.3 Å². The number of carbonyl (C=O) groups excluding carboxylic acids is 1. The van der Waals surface area contributed by atoms with E-state index in [4.69, 9.17) is 27.9 Å². The molecule has 0 unspecified atom stereocenters. The molecule has 0 spiro atoms. The number of carbonyl (C=O) groups is 1. The topological polar surface area (TPSA) is 45.3 Å². The molecule has 0 radical (unpaired) electrons. The molecule has 2 aromatic carbocycles. The largest absolute Gasteiger partial charge is 0.484 e. The number of hydrogen-bond acceptors (Lipinski definition) is 2. The van der Waals surface area contributed by atoms with Crippen LogP contribution in [0.4, 0.5) is 0 Å². The maximum atomic E-state index is 12.5. The van der Waals surface area contributed by atoms with Crippen LogP contribution in [0.1, 0.15) is 11.3 Å². The molecule has 0 saturated heterocycles. The molecule has 2 heterocycles. The number of fused-ring (bicyclic) bond motifs is 3. The minimum Gasteiger partial charge on any atom is -0.484 e. The lowest BCUT2D eigenvalue weighted by molar-refractivity contribution is -0.134. The fraction of sp³-hybridized carbons (Fsp3) is 0.211. The Hall–Kier alpha value is -2.17. The minimum absolute atomic E-state index is 0.0140. The van der Waals surface area contributed by atoms with Crippen LogP contribution in [0.3, 0.4) is 0 Å². The number of hydrogen-bond donors (Lipinski definition) is 1. The standard InChI is InChI=1S/C19H16Cl2N2O2/c20-12-1-4-14(5-2-12)25-11-19(24)23-8-7-18-16(10-23)15-9-13(21)3-6-17(15)22-18/h1-6,9,22H,7-8,10-11H2. The van der Waals surface area contributed by atoms with Gasteiger partial charge in [0.15, 0.2) is 6.61 Å². The number of H-pyrrole nitrogens is 1. The average molecular weight is 375 g/mol. The summed E-state index contributed by atoms with van der Waals surface area (Å²) in [6, 6.07) is 12.8. The van der Waals surface area contributed by atoms with Crippen molar-refractivity contribution in [3.8, 4) is 5.75 Å². The van der Waals surface area contributed by atoms with Crippen LogP contribution in [0.25, 0.3) is 10.9 Å². The van der Waals surface area contributed by atoms with Crippen molar-refractivity contribution in [1.82, 2.24) is 9.88 Å². The molecular formula is C19H16Cl2N2O2. The molecule has 0 saturated carbocycles. The number of aromatic nitrogens is 1. The van der Waals surface area contributed by atoms with Crippen molar-refractivity contribution in [2.45, 2.75) is 13.0 Å². The minimum atomic E-state index is -0.0306. The highest BCUT2D eigenvalue weighted by molar-refractivity contribution is 6.31. The van der Waals surface area contributed by atoms with E-state index in [-0.39, 0.29) is 12.5 Å². The van der Waals surface area contributed by atoms with Crippen molar-refractivity contribution < 1.29 is 9.53 Å². The summed E-state index contributed by atoms with van der Waals surface area (Å²) >= 11 is 12.0. The van der Waals surface area contributed by atoms with E-state index in [0.717, 1.165) is 22.9 Å². The van der Waals surface area contributed by atoms with Gasteiger partial charge < -0.3 is 14.6 Å². The van der Waals surface area contributed by atoms with E-state index < -0.39 is 0 Å². The highest BCUT2D eigenvalue weighted by atomic mass is 35.5. The van der Waals surface area contributed by atoms with E-state index in [2.05, 4.69) is 4.98 Å². The normalized spacial score (nSPS) is 13.8. The van der Waals surface area contributed by atoms with Crippen LogP contribution < -0.4 is 4.74 Å². The molecule has 4 rings (SSSR count). The molecule has 1 aliphatic rings. The van der Waals surface area contributed by atoms with Crippen molar-refractivity contribution in [3.05, 3.63) is 63.8 Å². The molecule has 1 aliphatic heterocycles. The second-order valence-corrected chi connectivity index (χ2v) is 6.95.